The number of fused-ring (bicyclic) bond motifs is 1. The van der Waals surface area contributed by atoms with Crippen molar-refractivity contribution in [3.05, 3.63) is 27.1 Å². The highest BCUT2D eigenvalue weighted by atomic mass is 32.1. The largest absolute Gasteiger partial charge is 0.337 e. The highest BCUT2D eigenvalue weighted by Gasteiger charge is 2.07. The zero-order valence-corrected chi connectivity index (χ0v) is 7.66. The number of aryl methyl sites for hydroxylation is 2. The molecular formula is C8H8N2OS. The fourth-order valence-corrected chi connectivity index (χ4v) is 2.22. The van der Waals surface area contributed by atoms with Crippen LogP contribution in [-0.2, 0) is 0 Å². The summed E-state index contributed by atoms with van der Waals surface area (Å²) < 4.78 is 0. The molecule has 62 valence electrons. The molecule has 0 aliphatic rings. The molecule has 0 radical (unpaired) electrons. The molecule has 0 unspecified atom stereocenters. The summed E-state index contributed by atoms with van der Waals surface area (Å²) in [5.41, 5.74) is 0.912. The first kappa shape index (κ1) is 7.49. The Hall–Kier alpha value is -1.16. The number of nitrogens with one attached hydrogen (secondary N) is 1. The summed E-state index contributed by atoms with van der Waals surface area (Å²) in [6.45, 7) is 3.96. The molecule has 1 N–H and O–H groups in total. The van der Waals surface area contributed by atoms with E-state index in [9.17, 15) is 4.79 Å². The van der Waals surface area contributed by atoms with Gasteiger partial charge in [-0.2, -0.15) is 4.98 Å². The van der Waals surface area contributed by atoms with Crippen molar-refractivity contribution in [2.75, 3.05) is 0 Å². The summed E-state index contributed by atoms with van der Waals surface area (Å²) in [5, 5.41) is 0.736. The van der Waals surface area contributed by atoms with Gasteiger partial charge in [-0.3, -0.25) is 4.79 Å². The van der Waals surface area contributed by atoms with Gasteiger partial charge >= 0.3 is 0 Å². The van der Waals surface area contributed by atoms with Gasteiger partial charge in [-0.1, -0.05) is 0 Å². The van der Waals surface area contributed by atoms with E-state index in [1.807, 2.05) is 13.8 Å². The quantitative estimate of drug-likeness (QED) is 0.669. The van der Waals surface area contributed by atoms with Crippen molar-refractivity contribution < 1.29 is 0 Å². The molecule has 0 amide bonds. The van der Waals surface area contributed by atoms with Gasteiger partial charge in [0.25, 0.3) is 5.56 Å². The van der Waals surface area contributed by atoms with Crippen LogP contribution >= 0.6 is 11.3 Å². The molecule has 0 aliphatic heterocycles. The van der Waals surface area contributed by atoms with Crippen LogP contribution in [0.3, 0.4) is 0 Å². The molecule has 4 heteroatoms. The van der Waals surface area contributed by atoms with Gasteiger partial charge in [-0.25, -0.2) is 0 Å². The van der Waals surface area contributed by atoms with Crippen LogP contribution in [0.4, 0.5) is 0 Å². The van der Waals surface area contributed by atoms with Crippen molar-refractivity contribution >= 4 is 21.6 Å². The van der Waals surface area contributed by atoms with Crippen LogP contribution in [0.1, 0.15) is 10.4 Å². The van der Waals surface area contributed by atoms with Crippen molar-refractivity contribution in [2.45, 2.75) is 13.8 Å². The lowest BCUT2D eigenvalue weighted by Gasteiger charge is -1.87. The second kappa shape index (κ2) is 2.42. The van der Waals surface area contributed by atoms with Crippen LogP contribution in [0.2, 0.25) is 0 Å². The Labute approximate surface area is 73.1 Å². The maximum atomic E-state index is 11.3. The third kappa shape index (κ3) is 0.881. The van der Waals surface area contributed by atoms with Crippen LogP contribution in [0.5, 0.6) is 0 Å². The fourth-order valence-electron chi connectivity index (χ4n) is 1.20. The number of rotatable bonds is 0. The number of H-pyrrole nitrogens is 1. The molecular weight excluding hydrogens is 172 g/mol. The highest BCUT2D eigenvalue weighted by Crippen LogP contribution is 2.24. The molecule has 2 aromatic rings. The molecule has 0 atom stereocenters. The summed E-state index contributed by atoms with van der Waals surface area (Å²) in [6, 6.07) is 0. The third-order valence-electron chi connectivity index (χ3n) is 1.98. The van der Waals surface area contributed by atoms with Gasteiger partial charge in [0.05, 0.1) is 11.7 Å². The molecule has 12 heavy (non-hydrogen) atoms. The molecule has 2 aromatic heterocycles. The van der Waals surface area contributed by atoms with Crippen LogP contribution in [-0.4, -0.2) is 9.97 Å². The first-order chi connectivity index (χ1) is 5.70. The van der Waals surface area contributed by atoms with Gasteiger partial charge in [0, 0.05) is 4.88 Å². The summed E-state index contributed by atoms with van der Waals surface area (Å²) in [4.78, 5) is 20.0. The first-order valence-electron chi connectivity index (χ1n) is 3.63. The smallest absolute Gasteiger partial charge is 0.281 e. The van der Waals surface area contributed by atoms with E-state index in [-0.39, 0.29) is 5.56 Å². The Balaban J connectivity index is 3.07. The van der Waals surface area contributed by atoms with Crippen molar-refractivity contribution in [1.29, 1.82) is 0 Å². The SMILES string of the molecule is Cc1sc2[nH]cnc(=O)c2c1C. The average molecular weight is 180 g/mol. The van der Waals surface area contributed by atoms with Gasteiger partial charge in [0.15, 0.2) is 0 Å². The molecule has 0 saturated heterocycles. The Kier molecular flexibility index (Phi) is 1.51. The van der Waals surface area contributed by atoms with E-state index in [0.29, 0.717) is 0 Å². The van der Waals surface area contributed by atoms with E-state index in [4.69, 9.17) is 0 Å². The second-order valence-corrected chi connectivity index (χ2v) is 3.92. The number of nitrogens with zero attached hydrogens (tertiary/aromatic N) is 1. The molecule has 0 bridgehead atoms. The van der Waals surface area contributed by atoms with Crippen molar-refractivity contribution in [3.8, 4) is 0 Å². The number of thiophene rings is 1. The van der Waals surface area contributed by atoms with Gasteiger partial charge < -0.3 is 4.98 Å². The molecule has 0 spiro atoms. The zero-order chi connectivity index (χ0) is 8.72. The molecule has 2 heterocycles. The predicted molar refractivity (Wildman–Crippen MR) is 49.7 cm³/mol. The number of aromatic nitrogens is 2. The summed E-state index contributed by atoms with van der Waals surface area (Å²) >= 11 is 1.60. The monoisotopic (exact) mass is 180 g/mol. The molecule has 0 aliphatic carbocycles. The minimum absolute atomic E-state index is 0.134. The van der Waals surface area contributed by atoms with E-state index >= 15 is 0 Å². The topological polar surface area (TPSA) is 45.8 Å². The Morgan fingerprint density at radius 2 is 2.25 bits per heavy atom. The average Bonchev–Trinajstić information content (AvgIpc) is 2.29. The molecule has 0 aromatic carbocycles. The normalized spacial score (nSPS) is 10.8. The molecule has 0 fully saturated rings. The van der Waals surface area contributed by atoms with Gasteiger partial charge in [0.1, 0.15) is 4.83 Å². The van der Waals surface area contributed by atoms with Gasteiger partial charge in [-0.15, -0.1) is 11.3 Å². The number of hydrogen-bond donors (Lipinski definition) is 1. The molecule has 0 saturated carbocycles. The zero-order valence-electron chi connectivity index (χ0n) is 6.84. The van der Waals surface area contributed by atoms with E-state index in [2.05, 4.69) is 9.97 Å². The fraction of sp³-hybridized carbons (Fsp3) is 0.250. The lowest BCUT2D eigenvalue weighted by Crippen LogP contribution is -2.05. The summed E-state index contributed by atoms with van der Waals surface area (Å²) in [5.74, 6) is 0. The molecule has 3 nitrogen and oxygen atoms in total. The minimum atomic E-state index is -0.134. The Morgan fingerprint density at radius 1 is 1.50 bits per heavy atom. The molecule has 2 rings (SSSR count). The minimum Gasteiger partial charge on any atom is -0.337 e. The van der Waals surface area contributed by atoms with E-state index in [1.54, 1.807) is 11.3 Å². The van der Waals surface area contributed by atoms with E-state index < -0.39 is 0 Å². The predicted octanol–water partition coefficient (Wildman–Crippen LogP) is 1.60. The Bertz CT molecular complexity index is 483. The number of aromatic amines is 1. The van der Waals surface area contributed by atoms with Crippen LogP contribution in [0.15, 0.2) is 11.1 Å². The first-order valence-corrected chi connectivity index (χ1v) is 4.45. The summed E-state index contributed by atoms with van der Waals surface area (Å²) in [6.07, 6.45) is 1.44. The van der Waals surface area contributed by atoms with Gasteiger partial charge in [-0.05, 0) is 19.4 Å². The second-order valence-electron chi connectivity index (χ2n) is 2.70. The van der Waals surface area contributed by atoms with Crippen molar-refractivity contribution in [1.82, 2.24) is 9.97 Å². The maximum Gasteiger partial charge on any atom is 0.281 e. The van der Waals surface area contributed by atoms with Crippen LogP contribution in [0.25, 0.3) is 10.2 Å². The van der Waals surface area contributed by atoms with Gasteiger partial charge in [0.2, 0.25) is 0 Å². The van der Waals surface area contributed by atoms with Crippen molar-refractivity contribution in [2.24, 2.45) is 0 Å². The van der Waals surface area contributed by atoms with Crippen LogP contribution in [0, 0.1) is 13.8 Å². The lowest BCUT2D eigenvalue weighted by molar-refractivity contribution is 1.18. The van der Waals surface area contributed by atoms with E-state index in [0.717, 1.165) is 15.8 Å². The number of hydrogen-bond acceptors (Lipinski definition) is 3. The summed E-state index contributed by atoms with van der Waals surface area (Å²) in [7, 11) is 0. The standard InChI is InChI=1S/C8H8N2OS/c1-4-5(2)12-8-6(4)7(11)9-3-10-8/h3H,1-2H3,(H,9,10,11). The van der Waals surface area contributed by atoms with E-state index in [1.165, 1.54) is 11.2 Å². The highest BCUT2D eigenvalue weighted by molar-refractivity contribution is 7.18. The third-order valence-corrected chi connectivity index (χ3v) is 3.12. The maximum absolute atomic E-state index is 11.3. The lowest BCUT2D eigenvalue weighted by atomic mass is 10.2. The van der Waals surface area contributed by atoms with Crippen molar-refractivity contribution in [3.63, 3.8) is 0 Å². The van der Waals surface area contributed by atoms with Crippen LogP contribution < -0.4 is 5.56 Å². The Morgan fingerprint density at radius 3 is 2.92 bits per heavy atom.